The van der Waals surface area contributed by atoms with Crippen molar-refractivity contribution < 1.29 is 0 Å². The van der Waals surface area contributed by atoms with E-state index in [1.54, 1.807) is 0 Å². The van der Waals surface area contributed by atoms with E-state index in [1.807, 2.05) is 6.07 Å². The summed E-state index contributed by atoms with van der Waals surface area (Å²) in [6, 6.07) is 1.83. The Bertz CT molecular complexity index is 454. The highest BCUT2D eigenvalue weighted by Crippen LogP contribution is 2.35. The van der Waals surface area contributed by atoms with Crippen LogP contribution in [0.25, 0.3) is 0 Å². The van der Waals surface area contributed by atoms with E-state index in [1.165, 1.54) is 68.2 Å². The Morgan fingerprint density at radius 2 is 1.76 bits per heavy atom. The SMILES string of the molecule is O=c1cc2c(c(C3CCCCC3)[nH]1)CCCC2. The fourth-order valence-electron chi connectivity index (χ4n) is 3.54. The second-order valence-electron chi connectivity index (χ2n) is 5.59. The van der Waals surface area contributed by atoms with Crippen LogP contribution in [0.15, 0.2) is 10.9 Å². The van der Waals surface area contributed by atoms with Gasteiger partial charge >= 0.3 is 0 Å². The second kappa shape index (κ2) is 4.67. The van der Waals surface area contributed by atoms with Gasteiger partial charge in [0.15, 0.2) is 0 Å². The van der Waals surface area contributed by atoms with Gasteiger partial charge < -0.3 is 4.98 Å². The molecule has 2 heteroatoms. The minimum atomic E-state index is 0.117. The summed E-state index contributed by atoms with van der Waals surface area (Å²) >= 11 is 0. The van der Waals surface area contributed by atoms with Gasteiger partial charge in [-0.2, -0.15) is 0 Å². The highest BCUT2D eigenvalue weighted by Gasteiger charge is 2.22. The number of nitrogens with one attached hydrogen (secondary N) is 1. The largest absolute Gasteiger partial charge is 0.326 e. The van der Waals surface area contributed by atoms with E-state index in [0.29, 0.717) is 5.92 Å². The predicted octanol–water partition coefficient (Wildman–Crippen LogP) is 3.30. The lowest BCUT2D eigenvalue weighted by atomic mass is 9.81. The molecule has 2 aliphatic rings. The zero-order chi connectivity index (χ0) is 11.7. The van der Waals surface area contributed by atoms with Crippen LogP contribution in [-0.2, 0) is 12.8 Å². The van der Waals surface area contributed by atoms with Gasteiger partial charge in [-0.1, -0.05) is 19.3 Å². The lowest BCUT2D eigenvalue weighted by Crippen LogP contribution is -2.20. The normalized spacial score (nSPS) is 21.2. The molecule has 2 nitrogen and oxygen atoms in total. The number of aromatic nitrogens is 1. The third-order valence-electron chi connectivity index (χ3n) is 4.41. The van der Waals surface area contributed by atoms with Gasteiger partial charge in [-0.3, -0.25) is 4.79 Å². The number of aromatic amines is 1. The molecule has 0 unspecified atom stereocenters. The summed E-state index contributed by atoms with van der Waals surface area (Å²) in [5.74, 6) is 0.629. The first-order chi connectivity index (χ1) is 8.34. The molecular formula is C15H21NO. The highest BCUT2D eigenvalue weighted by molar-refractivity contribution is 5.34. The minimum Gasteiger partial charge on any atom is -0.326 e. The number of H-pyrrole nitrogens is 1. The van der Waals surface area contributed by atoms with E-state index < -0.39 is 0 Å². The van der Waals surface area contributed by atoms with Crippen molar-refractivity contribution in [1.29, 1.82) is 0 Å². The average molecular weight is 231 g/mol. The third kappa shape index (κ3) is 2.18. The minimum absolute atomic E-state index is 0.117. The van der Waals surface area contributed by atoms with Crippen LogP contribution < -0.4 is 5.56 Å². The molecule has 0 amide bonds. The first-order valence-corrected chi connectivity index (χ1v) is 7.09. The zero-order valence-corrected chi connectivity index (χ0v) is 10.4. The quantitative estimate of drug-likeness (QED) is 0.790. The van der Waals surface area contributed by atoms with Crippen molar-refractivity contribution in [1.82, 2.24) is 4.98 Å². The smallest absolute Gasteiger partial charge is 0.248 e. The molecule has 1 heterocycles. The van der Waals surface area contributed by atoms with Crippen molar-refractivity contribution in [2.75, 3.05) is 0 Å². The van der Waals surface area contributed by atoms with Crippen LogP contribution in [0.1, 0.15) is 67.7 Å². The second-order valence-corrected chi connectivity index (χ2v) is 5.59. The molecule has 0 spiro atoms. The lowest BCUT2D eigenvalue weighted by Gasteiger charge is -2.27. The van der Waals surface area contributed by atoms with Gasteiger partial charge in [-0.25, -0.2) is 0 Å². The molecule has 0 saturated heterocycles. The van der Waals surface area contributed by atoms with Crippen molar-refractivity contribution >= 4 is 0 Å². The fourth-order valence-corrected chi connectivity index (χ4v) is 3.54. The van der Waals surface area contributed by atoms with Gasteiger partial charge in [0, 0.05) is 11.8 Å². The molecular weight excluding hydrogens is 210 g/mol. The van der Waals surface area contributed by atoms with Crippen LogP contribution >= 0.6 is 0 Å². The molecule has 92 valence electrons. The number of hydrogen-bond donors (Lipinski definition) is 1. The van der Waals surface area contributed by atoms with Crippen LogP contribution in [0, 0.1) is 0 Å². The molecule has 1 saturated carbocycles. The van der Waals surface area contributed by atoms with E-state index in [9.17, 15) is 4.79 Å². The van der Waals surface area contributed by atoms with Crippen molar-refractivity contribution in [3.63, 3.8) is 0 Å². The summed E-state index contributed by atoms with van der Waals surface area (Å²) in [6.07, 6.45) is 11.4. The third-order valence-corrected chi connectivity index (χ3v) is 4.41. The topological polar surface area (TPSA) is 32.9 Å². The molecule has 1 aromatic rings. The molecule has 0 atom stereocenters. The summed E-state index contributed by atoms with van der Waals surface area (Å²) in [6.45, 7) is 0. The Morgan fingerprint density at radius 3 is 2.59 bits per heavy atom. The van der Waals surface area contributed by atoms with Crippen LogP contribution in [0.4, 0.5) is 0 Å². The molecule has 3 rings (SSSR count). The molecule has 0 aromatic carbocycles. The van der Waals surface area contributed by atoms with Crippen LogP contribution in [0.3, 0.4) is 0 Å². The van der Waals surface area contributed by atoms with Crippen molar-refractivity contribution in [3.8, 4) is 0 Å². The van der Waals surface area contributed by atoms with Gasteiger partial charge in [-0.05, 0) is 55.6 Å². The Morgan fingerprint density at radius 1 is 1.00 bits per heavy atom. The molecule has 1 fully saturated rings. The van der Waals surface area contributed by atoms with Gasteiger partial charge in [0.2, 0.25) is 5.56 Å². The van der Waals surface area contributed by atoms with E-state index in [-0.39, 0.29) is 5.56 Å². The first kappa shape index (κ1) is 11.1. The highest BCUT2D eigenvalue weighted by atomic mass is 16.1. The monoisotopic (exact) mass is 231 g/mol. The summed E-state index contributed by atoms with van der Waals surface area (Å²) in [4.78, 5) is 14.9. The predicted molar refractivity (Wildman–Crippen MR) is 69.5 cm³/mol. The summed E-state index contributed by atoms with van der Waals surface area (Å²) in [7, 11) is 0. The Labute approximate surface area is 102 Å². The number of fused-ring (bicyclic) bond motifs is 1. The van der Waals surface area contributed by atoms with E-state index in [0.717, 1.165) is 6.42 Å². The number of rotatable bonds is 1. The molecule has 2 aliphatic carbocycles. The Kier molecular flexibility index (Phi) is 3.04. The van der Waals surface area contributed by atoms with E-state index >= 15 is 0 Å². The van der Waals surface area contributed by atoms with Gasteiger partial charge in [0.1, 0.15) is 0 Å². The summed E-state index contributed by atoms with van der Waals surface area (Å²) in [5, 5.41) is 0. The van der Waals surface area contributed by atoms with E-state index in [2.05, 4.69) is 4.98 Å². The number of hydrogen-bond acceptors (Lipinski definition) is 1. The maximum Gasteiger partial charge on any atom is 0.248 e. The van der Waals surface area contributed by atoms with Gasteiger partial charge in [0.25, 0.3) is 0 Å². The summed E-state index contributed by atoms with van der Waals surface area (Å²) < 4.78 is 0. The first-order valence-electron chi connectivity index (χ1n) is 7.09. The molecule has 1 N–H and O–H groups in total. The maximum atomic E-state index is 11.7. The lowest BCUT2D eigenvalue weighted by molar-refractivity contribution is 0.431. The standard InChI is InChI=1S/C15H21NO/c17-14-10-12-8-4-5-9-13(12)15(16-14)11-6-2-1-3-7-11/h10-11H,1-9H2,(H,16,17). The van der Waals surface area contributed by atoms with Crippen LogP contribution in [-0.4, -0.2) is 4.98 Å². The molecule has 17 heavy (non-hydrogen) atoms. The van der Waals surface area contributed by atoms with Crippen molar-refractivity contribution in [3.05, 3.63) is 33.2 Å². The fraction of sp³-hybridized carbons (Fsp3) is 0.667. The molecule has 0 aliphatic heterocycles. The number of pyridine rings is 1. The van der Waals surface area contributed by atoms with Gasteiger partial charge in [-0.15, -0.1) is 0 Å². The molecule has 0 radical (unpaired) electrons. The molecule has 0 bridgehead atoms. The zero-order valence-electron chi connectivity index (χ0n) is 10.4. The average Bonchev–Trinajstić information content (AvgIpc) is 2.39. The van der Waals surface area contributed by atoms with Crippen molar-refractivity contribution in [2.24, 2.45) is 0 Å². The number of aryl methyl sites for hydroxylation is 1. The Hall–Kier alpha value is -1.05. The van der Waals surface area contributed by atoms with E-state index in [4.69, 9.17) is 0 Å². The van der Waals surface area contributed by atoms with Crippen molar-refractivity contribution in [2.45, 2.75) is 63.7 Å². The summed E-state index contributed by atoms with van der Waals surface area (Å²) in [5.41, 5.74) is 4.24. The van der Waals surface area contributed by atoms with Gasteiger partial charge in [0.05, 0.1) is 0 Å². The Balaban J connectivity index is 2.01. The van der Waals surface area contributed by atoms with Crippen LogP contribution in [0.5, 0.6) is 0 Å². The maximum absolute atomic E-state index is 11.7. The van der Waals surface area contributed by atoms with Crippen LogP contribution in [0.2, 0.25) is 0 Å². The molecule has 1 aromatic heterocycles.